The fraction of sp³-hybridized carbons (Fsp3) is 0. The maximum absolute atomic E-state index is 12.9. The Morgan fingerprint density at radius 2 is 1.77 bits per heavy atom. The predicted molar refractivity (Wildman–Crippen MR) is 40.1 cm³/mol. The molecule has 1 aromatic rings. The average Bonchev–Trinajstić information content (AvgIpc) is 2.10. The van der Waals surface area contributed by atoms with Crippen LogP contribution in [0.15, 0.2) is 18.2 Å². The fourth-order valence-electron chi connectivity index (χ4n) is 0.793. The number of halogens is 2. The van der Waals surface area contributed by atoms with Crippen LogP contribution in [0.25, 0.3) is 0 Å². The first-order valence-electron chi connectivity index (χ1n) is 3.23. The van der Waals surface area contributed by atoms with Crippen molar-refractivity contribution in [1.29, 1.82) is 10.5 Å². The number of nitriles is 2. The van der Waals surface area contributed by atoms with E-state index >= 15 is 0 Å². The van der Waals surface area contributed by atoms with Crippen molar-refractivity contribution in [1.82, 2.24) is 0 Å². The zero-order chi connectivity index (χ0) is 9.84. The van der Waals surface area contributed by atoms with Crippen LogP contribution >= 0.6 is 0 Å². The average molecular weight is 179 g/mol. The number of rotatable bonds is 1. The first-order valence-corrected chi connectivity index (χ1v) is 3.23. The summed E-state index contributed by atoms with van der Waals surface area (Å²) in [6, 6.07) is 2.61. The molecule has 0 aliphatic heterocycles. The van der Waals surface area contributed by atoms with Crippen LogP contribution < -0.4 is 4.90 Å². The maximum atomic E-state index is 12.9. The SMILES string of the molecule is N#CN(C#N)c1ccc(F)cc1F. The third-order valence-corrected chi connectivity index (χ3v) is 1.35. The number of hydrogen-bond acceptors (Lipinski definition) is 3. The second-order valence-electron chi connectivity index (χ2n) is 2.13. The van der Waals surface area contributed by atoms with Crippen molar-refractivity contribution < 1.29 is 8.78 Å². The summed E-state index contributed by atoms with van der Waals surface area (Å²) in [5, 5.41) is 16.7. The third-order valence-electron chi connectivity index (χ3n) is 1.35. The molecule has 0 fully saturated rings. The summed E-state index contributed by atoms with van der Waals surface area (Å²) in [5.74, 6) is -1.69. The minimum Gasteiger partial charge on any atom is -0.207 e. The van der Waals surface area contributed by atoms with Gasteiger partial charge in [0, 0.05) is 6.07 Å². The van der Waals surface area contributed by atoms with Crippen LogP contribution in [0.4, 0.5) is 14.5 Å². The Labute approximate surface area is 73.0 Å². The Bertz CT molecular complexity index is 389. The highest BCUT2D eigenvalue weighted by Crippen LogP contribution is 2.18. The molecule has 0 spiro atoms. The molecule has 0 aromatic heterocycles. The fourth-order valence-corrected chi connectivity index (χ4v) is 0.793. The molecule has 0 heterocycles. The van der Waals surface area contributed by atoms with Gasteiger partial charge in [0.25, 0.3) is 0 Å². The van der Waals surface area contributed by atoms with Crippen molar-refractivity contribution in [2.45, 2.75) is 0 Å². The van der Waals surface area contributed by atoms with Crippen LogP contribution in [0.3, 0.4) is 0 Å². The van der Waals surface area contributed by atoms with Gasteiger partial charge in [0.15, 0.2) is 18.2 Å². The number of anilines is 1. The zero-order valence-corrected chi connectivity index (χ0v) is 6.33. The molecule has 13 heavy (non-hydrogen) atoms. The highest BCUT2D eigenvalue weighted by molar-refractivity contribution is 5.55. The molecule has 0 saturated carbocycles. The van der Waals surface area contributed by atoms with Crippen molar-refractivity contribution in [3.05, 3.63) is 29.8 Å². The highest BCUT2D eigenvalue weighted by Gasteiger charge is 2.10. The van der Waals surface area contributed by atoms with Crippen molar-refractivity contribution in [2.24, 2.45) is 0 Å². The van der Waals surface area contributed by atoms with E-state index in [-0.39, 0.29) is 5.69 Å². The van der Waals surface area contributed by atoms with Gasteiger partial charge < -0.3 is 0 Å². The van der Waals surface area contributed by atoms with Crippen LogP contribution in [-0.4, -0.2) is 0 Å². The Balaban J connectivity index is 3.18. The van der Waals surface area contributed by atoms with Crippen molar-refractivity contribution in [2.75, 3.05) is 4.90 Å². The molecule has 5 heteroatoms. The molecule has 0 amide bonds. The minimum absolute atomic E-state index is 0.258. The van der Waals surface area contributed by atoms with Gasteiger partial charge in [0.2, 0.25) is 0 Å². The lowest BCUT2D eigenvalue weighted by atomic mass is 10.3. The van der Waals surface area contributed by atoms with E-state index in [9.17, 15) is 8.78 Å². The molecule has 0 saturated heterocycles. The first kappa shape index (κ1) is 8.95. The van der Waals surface area contributed by atoms with Gasteiger partial charge in [-0.25, -0.2) is 8.78 Å². The predicted octanol–water partition coefficient (Wildman–Crippen LogP) is 1.73. The van der Waals surface area contributed by atoms with Gasteiger partial charge in [-0.1, -0.05) is 0 Å². The topological polar surface area (TPSA) is 50.8 Å². The quantitative estimate of drug-likeness (QED) is 0.487. The van der Waals surface area contributed by atoms with E-state index < -0.39 is 11.6 Å². The number of benzene rings is 1. The standard InChI is InChI=1S/C8H3F2N3/c9-6-1-2-8(7(10)3-6)13(4-11)5-12/h1-3H. The summed E-state index contributed by atoms with van der Waals surface area (Å²) >= 11 is 0. The molecule has 64 valence electrons. The molecule has 1 aromatic carbocycles. The van der Waals surface area contributed by atoms with Crippen molar-refractivity contribution >= 4 is 5.69 Å². The molecule has 0 N–H and O–H groups in total. The molecule has 0 bridgehead atoms. The lowest BCUT2D eigenvalue weighted by Gasteiger charge is -2.05. The van der Waals surface area contributed by atoms with E-state index in [4.69, 9.17) is 10.5 Å². The van der Waals surface area contributed by atoms with Gasteiger partial charge in [-0.2, -0.15) is 15.4 Å². The van der Waals surface area contributed by atoms with E-state index in [0.29, 0.717) is 11.0 Å². The second kappa shape index (κ2) is 3.51. The molecular weight excluding hydrogens is 176 g/mol. The van der Waals surface area contributed by atoms with Gasteiger partial charge in [-0.05, 0) is 12.1 Å². The van der Waals surface area contributed by atoms with E-state index in [0.717, 1.165) is 12.1 Å². The summed E-state index contributed by atoms with van der Waals surface area (Å²) in [4.78, 5) is 0.453. The lowest BCUT2D eigenvalue weighted by molar-refractivity contribution is 0.584. The summed E-state index contributed by atoms with van der Waals surface area (Å²) in [6.45, 7) is 0. The van der Waals surface area contributed by atoms with E-state index in [1.54, 1.807) is 0 Å². The third kappa shape index (κ3) is 1.71. The Kier molecular flexibility index (Phi) is 2.41. The largest absolute Gasteiger partial charge is 0.207 e. The summed E-state index contributed by atoms with van der Waals surface area (Å²) in [5.41, 5.74) is -0.258. The number of nitrogens with zero attached hydrogens (tertiary/aromatic N) is 3. The van der Waals surface area contributed by atoms with Gasteiger partial charge in [-0.3, -0.25) is 0 Å². The molecule has 0 unspecified atom stereocenters. The van der Waals surface area contributed by atoms with Gasteiger partial charge >= 0.3 is 0 Å². The summed E-state index contributed by atoms with van der Waals surface area (Å²) in [7, 11) is 0. The second-order valence-corrected chi connectivity index (χ2v) is 2.13. The maximum Gasteiger partial charge on any atom is 0.198 e. The van der Waals surface area contributed by atoms with Crippen LogP contribution in [0.2, 0.25) is 0 Å². The molecule has 0 aliphatic carbocycles. The highest BCUT2D eigenvalue weighted by atomic mass is 19.1. The van der Waals surface area contributed by atoms with Crippen molar-refractivity contribution in [3.63, 3.8) is 0 Å². The van der Waals surface area contributed by atoms with Crippen LogP contribution in [-0.2, 0) is 0 Å². The van der Waals surface area contributed by atoms with Crippen LogP contribution in [0, 0.1) is 34.5 Å². The summed E-state index contributed by atoms with van der Waals surface area (Å²) < 4.78 is 25.3. The van der Waals surface area contributed by atoms with Crippen LogP contribution in [0.5, 0.6) is 0 Å². The number of hydrogen-bond donors (Lipinski definition) is 0. The minimum atomic E-state index is -0.942. The lowest BCUT2D eigenvalue weighted by Crippen LogP contribution is -2.09. The Morgan fingerprint density at radius 3 is 2.23 bits per heavy atom. The van der Waals surface area contributed by atoms with Crippen molar-refractivity contribution in [3.8, 4) is 12.4 Å². The van der Waals surface area contributed by atoms with E-state index in [1.807, 2.05) is 0 Å². The molecule has 0 atom stereocenters. The molecule has 0 aliphatic rings. The van der Waals surface area contributed by atoms with Crippen LogP contribution in [0.1, 0.15) is 0 Å². The van der Waals surface area contributed by atoms with Gasteiger partial charge in [-0.15, -0.1) is 0 Å². The molecular formula is C8H3F2N3. The first-order chi connectivity index (χ1) is 6.19. The van der Waals surface area contributed by atoms with E-state index in [2.05, 4.69) is 0 Å². The Hall–Kier alpha value is -2.14. The smallest absolute Gasteiger partial charge is 0.198 e. The molecule has 1 rings (SSSR count). The summed E-state index contributed by atoms with van der Waals surface area (Å²) in [6.07, 6.45) is 2.88. The molecule has 0 radical (unpaired) electrons. The monoisotopic (exact) mass is 179 g/mol. The van der Waals surface area contributed by atoms with Gasteiger partial charge in [0.05, 0.1) is 0 Å². The normalized spacial score (nSPS) is 8.62. The van der Waals surface area contributed by atoms with E-state index in [1.165, 1.54) is 12.4 Å². The molecule has 3 nitrogen and oxygen atoms in total. The Morgan fingerprint density at radius 1 is 1.15 bits per heavy atom. The zero-order valence-electron chi connectivity index (χ0n) is 6.33. The van der Waals surface area contributed by atoms with Gasteiger partial charge in [0.1, 0.15) is 11.5 Å².